The average Bonchev–Trinajstić information content (AvgIpc) is 1.39. The van der Waals surface area contributed by atoms with Gasteiger partial charge < -0.3 is 5.32 Å². The number of rotatable bonds is 0. The van der Waals surface area contributed by atoms with Crippen LogP contribution in [0.4, 0.5) is 0 Å². The van der Waals surface area contributed by atoms with Crippen LogP contribution in [0.15, 0.2) is 0 Å². The van der Waals surface area contributed by atoms with Gasteiger partial charge in [-0.1, -0.05) is 0 Å². The van der Waals surface area contributed by atoms with Crippen LogP contribution in [0.1, 0.15) is 0 Å². The number of nitrogens with one attached hydrogen (secondary N) is 1. The van der Waals surface area contributed by atoms with E-state index in [2.05, 4.69) is 5.32 Å². The van der Waals surface area contributed by atoms with Crippen molar-refractivity contribution in [3.05, 3.63) is 0 Å². The molecule has 0 aromatic rings. The van der Waals surface area contributed by atoms with Gasteiger partial charge in [0.05, 0.1) is 0 Å². The van der Waals surface area contributed by atoms with Crippen molar-refractivity contribution in [1.82, 2.24) is 5.32 Å². The van der Waals surface area contributed by atoms with E-state index < -0.39 is 20.8 Å². The molecule has 0 aromatic carbocycles. The minimum absolute atomic E-state index is 0.826. The van der Waals surface area contributed by atoms with Crippen molar-refractivity contribution in [2.45, 2.75) is 0 Å². The van der Waals surface area contributed by atoms with Gasteiger partial charge in [-0.2, -0.15) is 0 Å². The van der Waals surface area contributed by atoms with Crippen molar-refractivity contribution in [3.63, 3.8) is 0 Å². The number of halogens is 2. The molecule has 0 atom stereocenters. The van der Waals surface area contributed by atoms with Gasteiger partial charge in [0.15, 0.2) is 0 Å². The van der Waals surface area contributed by atoms with E-state index in [-0.39, 0.29) is 0 Å². The summed E-state index contributed by atoms with van der Waals surface area (Å²) in [5, 5.41) is 2.75. The van der Waals surface area contributed by atoms with Gasteiger partial charge in [-0.15, -0.1) is 0 Å². The van der Waals surface area contributed by atoms with Crippen LogP contribution in [0.3, 0.4) is 0 Å². The molecule has 1 N–H and O–H groups in total. The molecular formula is C2H7Cl2NZr. The second kappa shape index (κ2) is 16.1. The molecular weight excluding hydrogens is 200 g/mol. The van der Waals surface area contributed by atoms with Crippen LogP contribution in [0, 0.1) is 0 Å². The Balaban J connectivity index is 0. The molecule has 0 aliphatic rings. The van der Waals surface area contributed by atoms with Crippen LogP contribution in [0.25, 0.3) is 0 Å². The third-order valence-corrected chi connectivity index (χ3v) is 0. The molecule has 38 valence electrons. The van der Waals surface area contributed by atoms with Gasteiger partial charge in [0.2, 0.25) is 0 Å². The van der Waals surface area contributed by atoms with E-state index in [1.807, 2.05) is 14.1 Å². The van der Waals surface area contributed by atoms with E-state index in [9.17, 15) is 0 Å². The first-order valence-corrected chi connectivity index (χ1v) is 7.71. The fourth-order valence-electron chi connectivity index (χ4n) is 0. The first kappa shape index (κ1) is 10.4. The summed E-state index contributed by atoms with van der Waals surface area (Å²) in [4.78, 5) is 0. The van der Waals surface area contributed by atoms with Crippen molar-refractivity contribution >= 4 is 17.0 Å². The standard InChI is InChI=1S/C2H7N.2ClH.Zr/c1-3-2;;;/h3H,1-2H3;2*1H;/q;;;+2/p-2. The Morgan fingerprint density at radius 3 is 1.33 bits per heavy atom. The monoisotopic (exact) mass is 205 g/mol. The number of hydrogen-bond acceptors (Lipinski definition) is 1. The van der Waals surface area contributed by atoms with Crippen molar-refractivity contribution in [1.29, 1.82) is 0 Å². The second-order valence-electron chi connectivity index (χ2n) is 0.571. The normalized spacial score (nSPS) is 5.33. The molecule has 0 aliphatic heterocycles. The number of hydrogen-bond donors (Lipinski definition) is 1. The molecule has 0 heterocycles. The summed E-state index contributed by atoms with van der Waals surface area (Å²) in [6, 6.07) is 0. The molecule has 0 rings (SSSR count). The second-order valence-corrected chi connectivity index (χ2v) is 4.30. The first-order valence-electron chi connectivity index (χ1n) is 1.38. The Morgan fingerprint density at radius 1 is 1.33 bits per heavy atom. The summed E-state index contributed by atoms with van der Waals surface area (Å²) in [5.41, 5.74) is 0. The fourth-order valence-corrected chi connectivity index (χ4v) is 0. The van der Waals surface area contributed by atoms with Crippen LogP contribution >= 0.6 is 17.0 Å². The van der Waals surface area contributed by atoms with Gasteiger partial charge in [0.1, 0.15) is 0 Å². The van der Waals surface area contributed by atoms with Gasteiger partial charge in [-0.3, -0.25) is 0 Å². The van der Waals surface area contributed by atoms with Crippen LogP contribution in [0.5, 0.6) is 0 Å². The van der Waals surface area contributed by atoms with E-state index >= 15 is 0 Å². The summed E-state index contributed by atoms with van der Waals surface area (Å²) >= 11 is -0.826. The third kappa shape index (κ3) is 52.4. The van der Waals surface area contributed by atoms with Crippen molar-refractivity contribution in [3.8, 4) is 0 Å². The molecule has 0 saturated carbocycles. The van der Waals surface area contributed by atoms with E-state index in [1.54, 1.807) is 0 Å². The summed E-state index contributed by atoms with van der Waals surface area (Å²) in [6.45, 7) is 0. The Hall–Kier alpha value is 1.42. The van der Waals surface area contributed by atoms with Gasteiger partial charge in [0, 0.05) is 0 Å². The molecule has 0 saturated heterocycles. The Labute approximate surface area is 57.1 Å². The Morgan fingerprint density at radius 2 is 1.33 bits per heavy atom. The molecule has 0 spiro atoms. The van der Waals surface area contributed by atoms with Gasteiger partial charge in [0.25, 0.3) is 0 Å². The molecule has 4 heteroatoms. The van der Waals surface area contributed by atoms with Crippen LogP contribution in [0.2, 0.25) is 0 Å². The van der Waals surface area contributed by atoms with Crippen molar-refractivity contribution in [2.75, 3.05) is 14.1 Å². The Bertz CT molecular complexity index is 13.5. The predicted octanol–water partition coefficient (Wildman–Crippen LogP) is 1.21. The molecule has 0 fully saturated rings. The third-order valence-electron chi connectivity index (χ3n) is 0. The maximum absolute atomic E-state index is 4.93. The van der Waals surface area contributed by atoms with E-state index in [0.717, 1.165) is 0 Å². The zero-order valence-electron chi connectivity index (χ0n) is 3.76. The molecule has 0 radical (unpaired) electrons. The van der Waals surface area contributed by atoms with Crippen LogP contribution in [-0.2, 0) is 20.8 Å². The van der Waals surface area contributed by atoms with Gasteiger partial charge in [-0.05, 0) is 14.1 Å². The predicted molar refractivity (Wildman–Crippen MR) is 26.7 cm³/mol. The molecule has 1 nitrogen and oxygen atoms in total. The quantitative estimate of drug-likeness (QED) is 0.629. The van der Waals surface area contributed by atoms with Crippen LogP contribution in [-0.4, -0.2) is 14.1 Å². The molecule has 0 bridgehead atoms. The van der Waals surface area contributed by atoms with Crippen molar-refractivity contribution in [2.24, 2.45) is 0 Å². The summed E-state index contributed by atoms with van der Waals surface area (Å²) in [6.07, 6.45) is 0. The van der Waals surface area contributed by atoms with Crippen LogP contribution < -0.4 is 5.32 Å². The van der Waals surface area contributed by atoms with Gasteiger partial charge in [-0.25, -0.2) is 0 Å². The molecule has 0 aliphatic carbocycles. The fraction of sp³-hybridized carbons (Fsp3) is 1.00. The summed E-state index contributed by atoms with van der Waals surface area (Å²) in [5.74, 6) is 0. The topological polar surface area (TPSA) is 12.0 Å². The average molecular weight is 207 g/mol. The summed E-state index contributed by atoms with van der Waals surface area (Å²) in [7, 11) is 13.6. The maximum atomic E-state index is 4.93. The Kier molecular flexibility index (Phi) is 28.0. The SMILES string of the molecule is CNC.[Cl][Zr][Cl]. The van der Waals surface area contributed by atoms with Gasteiger partial charge >= 0.3 is 37.9 Å². The molecule has 0 aromatic heterocycles. The van der Waals surface area contributed by atoms with E-state index in [1.165, 1.54) is 0 Å². The zero-order chi connectivity index (χ0) is 5.41. The van der Waals surface area contributed by atoms with Crippen molar-refractivity contribution < 1.29 is 20.8 Å². The van der Waals surface area contributed by atoms with E-state index in [0.29, 0.717) is 0 Å². The van der Waals surface area contributed by atoms with E-state index in [4.69, 9.17) is 17.0 Å². The molecule has 0 unspecified atom stereocenters. The summed E-state index contributed by atoms with van der Waals surface area (Å²) < 4.78 is 0. The minimum atomic E-state index is -0.826. The first-order chi connectivity index (χ1) is 2.83. The molecule has 0 amide bonds. The molecule has 6 heavy (non-hydrogen) atoms. The zero-order valence-corrected chi connectivity index (χ0v) is 7.73.